The lowest BCUT2D eigenvalue weighted by Crippen LogP contribution is -2.32. The van der Waals surface area contributed by atoms with Gasteiger partial charge in [0.2, 0.25) is 0 Å². The highest BCUT2D eigenvalue weighted by Gasteiger charge is 2.34. The third-order valence-electron chi connectivity index (χ3n) is 4.26. The zero-order valence-electron chi connectivity index (χ0n) is 11.8. The topological polar surface area (TPSA) is 57.4 Å². The van der Waals surface area contributed by atoms with Gasteiger partial charge in [0, 0.05) is 10.9 Å². The highest BCUT2D eigenvalue weighted by molar-refractivity contribution is 7.10. The van der Waals surface area contributed by atoms with Crippen LogP contribution >= 0.6 is 11.3 Å². The maximum Gasteiger partial charge on any atom is 0.162 e. The summed E-state index contributed by atoms with van der Waals surface area (Å²) in [6.45, 7) is 1.22. The first-order chi connectivity index (χ1) is 10.2. The lowest BCUT2D eigenvalue weighted by Gasteiger charge is -2.20. The fourth-order valence-corrected chi connectivity index (χ4v) is 4.06. The van der Waals surface area contributed by atoms with Crippen LogP contribution in [0.4, 0.5) is 0 Å². The number of nitrogens with two attached hydrogens (primary N) is 1. The molecule has 0 spiro atoms. The maximum atomic E-state index is 6.49. The molecule has 0 radical (unpaired) electrons. The molecule has 2 aromatic rings. The van der Waals surface area contributed by atoms with Crippen LogP contribution in [0.15, 0.2) is 23.6 Å². The van der Waals surface area contributed by atoms with Crippen molar-refractivity contribution in [2.45, 2.75) is 31.2 Å². The largest absolute Gasteiger partial charge is 0.486 e. The number of ether oxygens (including phenoxy) is 2. The predicted molar refractivity (Wildman–Crippen MR) is 82.9 cm³/mol. The molecule has 1 fully saturated rings. The molecule has 5 heteroatoms. The summed E-state index contributed by atoms with van der Waals surface area (Å²) in [6, 6.07) is 5.99. The normalized spacial score (nSPS) is 19.7. The number of thiazole rings is 1. The maximum absolute atomic E-state index is 6.49. The second kappa shape index (κ2) is 5.00. The minimum atomic E-state index is -0.212. The van der Waals surface area contributed by atoms with E-state index in [9.17, 15) is 0 Å². The van der Waals surface area contributed by atoms with E-state index in [1.165, 1.54) is 12.8 Å². The standard InChI is InChI=1S/C16H18N2O2S/c17-16(5-1-2-6-16)15-18-12(10-21-15)11-3-4-13-14(9-11)20-8-7-19-13/h3-4,9-10H,1-2,5-8,17H2. The molecule has 0 bridgehead atoms. The lowest BCUT2D eigenvalue weighted by molar-refractivity contribution is 0.171. The lowest BCUT2D eigenvalue weighted by atomic mass is 10.0. The van der Waals surface area contributed by atoms with Gasteiger partial charge in [-0.05, 0) is 31.0 Å². The van der Waals surface area contributed by atoms with E-state index >= 15 is 0 Å². The van der Waals surface area contributed by atoms with Crippen LogP contribution in [0, 0.1) is 0 Å². The second-order valence-electron chi connectivity index (χ2n) is 5.76. The Labute approximate surface area is 127 Å². The molecule has 0 saturated heterocycles. The quantitative estimate of drug-likeness (QED) is 0.924. The van der Waals surface area contributed by atoms with Crippen LogP contribution in [0.1, 0.15) is 30.7 Å². The van der Waals surface area contributed by atoms with Gasteiger partial charge in [-0.3, -0.25) is 0 Å². The molecule has 1 aliphatic carbocycles. The molecule has 1 aromatic heterocycles. The van der Waals surface area contributed by atoms with Gasteiger partial charge in [0.15, 0.2) is 11.5 Å². The van der Waals surface area contributed by atoms with Crippen molar-refractivity contribution < 1.29 is 9.47 Å². The van der Waals surface area contributed by atoms with E-state index in [4.69, 9.17) is 20.2 Å². The molecule has 2 N–H and O–H groups in total. The first kappa shape index (κ1) is 13.1. The summed E-state index contributed by atoms with van der Waals surface area (Å²) in [7, 11) is 0. The Bertz CT molecular complexity index is 662. The number of fused-ring (bicyclic) bond motifs is 1. The Morgan fingerprint density at radius 3 is 2.67 bits per heavy atom. The summed E-state index contributed by atoms with van der Waals surface area (Å²) in [5.74, 6) is 1.61. The number of hydrogen-bond acceptors (Lipinski definition) is 5. The Hall–Kier alpha value is -1.59. The minimum Gasteiger partial charge on any atom is -0.486 e. The Kier molecular flexibility index (Phi) is 3.12. The number of aromatic nitrogens is 1. The molecule has 4 rings (SSSR count). The molecule has 1 aliphatic heterocycles. The average molecular weight is 302 g/mol. The number of benzene rings is 1. The fraction of sp³-hybridized carbons (Fsp3) is 0.438. The third kappa shape index (κ3) is 2.30. The van der Waals surface area contributed by atoms with E-state index in [-0.39, 0.29) is 5.54 Å². The summed E-state index contributed by atoms with van der Waals surface area (Å²) in [4.78, 5) is 4.78. The first-order valence-corrected chi connectivity index (χ1v) is 8.27. The average Bonchev–Trinajstić information content (AvgIpc) is 3.17. The molecule has 110 valence electrons. The summed E-state index contributed by atoms with van der Waals surface area (Å²) in [5.41, 5.74) is 8.31. The van der Waals surface area contributed by atoms with E-state index in [2.05, 4.69) is 5.38 Å². The van der Waals surface area contributed by atoms with Crippen molar-refractivity contribution in [3.63, 3.8) is 0 Å². The van der Waals surface area contributed by atoms with E-state index in [0.29, 0.717) is 13.2 Å². The van der Waals surface area contributed by atoms with Crippen LogP contribution in [-0.2, 0) is 5.54 Å². The molecule has 1 saturated carbocycles. The van der Waals surface area contributed by atoms with Gasteiger partial charge in [-0.25, -0.2) is 4.98 Å². The van der Waals surface area contributed by atoms with Gasteiger partial charge in [0.1, 0.15) is 18.2 Å². The van der Waals surface area contributed by atoms with Gasteiger partial charge in [0.05, 0.1) is 11.2 Å². The van der Waals surface area contributed by atoms with Crippen molar-refractivity contribution in [2.75, 3.05) is 13.2 Å². The molecule has 1 aromatic carbocycles. The van der Waals surface area contributed by atoms with Gasteiger partial charge in [-0.1, -0.05) is 12.8 Å². The highest BCUT2D eigenvalue weighted by Crippen LogP contribution is 2.40. The van der Waals surface area contributed by atoms with E-state index in [0.717, 1.165) is 40.6 Å². The Balaban J connectivity index is 1.66. The number of hydrogen-bond donors (Lipinski definition) is 1. The summed E-state index contributed by atoms with van der Waals surface area (Å²) in [5, 5.41) is 3.15. The smallest absolute Gasteiger partial charge is 0.162 e. The fourth-order valence-electron chi connectivity index (χ4n) is 3.06. The Morgan fingerprint density at radius 1 is 1.10 bits per heavy atom. The van der Waals surface area contributed by atoms with E-state index in [1.807, 2.05) is 18.2 Å². The van der Waals surface area contributed by atoms with Gasteiger partial charge in [-0.2, -0.15) is 0 Å². The first-order valence-electron chi connectivity index (χ1n) is 7.40. The van der Waals surface area contributed by atoms with Crippen molar-refractivity contribution in [1.29, 1.82) is 0 Å². The molecule has 21 heavy (non-hydrogen) atoms. The SMILES string of the molecule is NC1(c2nc(-c3ccc4c(c3)OCCO4)cs2)CCCC1. The third-order valence-corrected chi connectivity index (χ3v) is 5.33. The van der Waals surface area contributed by atoms with Crippen molar-refractivity contribution in [3.05, 3.63) is 28.6 Å². The van der Waals surface area contributed by atoms with Crippen LogP contribution in [0.25, 0.3) is 11.3 Å². The monoisotopic (exact) mass is 302 g/mol. The minimum absolute atomic E-state index is 0.212. The zero-order valence-corrected chi connectivity index (χ0v) is 12.6. The molecule has 0 amide bonds. The predicted octanol–water partition coefficient (Wildman–Crippen LogP) is 3.31. The van der Waals surface area contributed by atoms with Crippen LogP contribution in [0.3, 0.4) is 0 Å². The molecule has 0 unspecified atom stereocenters. The summed E-state index contributed by atoms with van der Waals surface area (Å²) < 4.78 is 11.2. The summed E-state index contributed by atoms with van der Waals surface area (Å²) in [6.07, 6.45) is 4.49. The molecule has 2 aliphatic rings. The highest BCUT2D eigenvalue weighted by atomic mass is 32.1. The van der Waals surface area contributed by atoms with Crippen molar-refractivity contribution >= 4 is 11.3 Å². The molecule has 4 nitrogen and oxygen atoms in total. The molecule has 0 atom stereocenters. The number of rotatable bonds is 2. The molecular weight excluding hydrogens is 284 g/mol. The molecule has 2 heterocycles. The second-order valence-corrected chi connectivity index (χ2v) is 6.62. The Morgan fingerprint density at radius 2 is 1.86 bits per heavy atom. The van der Waals surface area contributed by atoms with Crippen LogP contribution in [0.5, 0.6) is 11.5 Å². The van der Waals surface area contributed by atoms with Crippen molar-refractivity contribution in [1.82, 2.24) is 4.98 Å². The van der Waals surface area contributed by atoms with E-state index < -0.39 is 0 Å². The van der Waals surface area contributed by atoms with Crippen molar-refractivity contribution in [3.8, 4) is 22.8 Å². The van der Waals surface area contributed by atoms with Crippen molar-refractivity contribution in [2.24, 2.45) is 5.73 Å². The van der Waals surface area contributed by atoms with Gasteiger partial charge < -0.3 is 15.2 Å². The summed E-state index contributed by atoms with van der Waals surface area (Å²) >= 11 is 1.67. The van der Waals surface area contributed by atoms with Gasteiger partial charge in [0.25, 0.3) is 0 Å². The van der Waals surface area contributed by atoms with E-state index in [1.54, 1.807) is 11.3 Å². The van der Waals surface area contributed by atoms with Crippen LogP contribution in [-0.4, -0.2) is 18.2 Å². The number of nitrogens with zero attached hydrogens (tertiary/aromatic N) is 1. The van der Waals surface area contributed by atoms with Gasteiger partial charge >= 0.3 is 0 Å². The van der Waals surface area contributed by atoms with Gasteiger partial charge in [-0.15, -0.1) is 11.3 Å². The molecular formula is C16H18N2O2S. The van der Waals surface area contributed by atoms with Crippen LogP contribution in [0.2, 0.25) is 0 Å². The van der Waals surface area contributed by atoms with Crippen LogP contribution < -0.4 is 15.2 Å². The zero-order chi connectivity index (χ0) is 14.3.